The summed E-state index contributed by atoms with van der Waals surface area (Å²) in [7, 11) is 0. The number of benzene rings is 3. The second-order valence-corrected chi connectivity index (χ2v) is 4.09. The molecule has 0 amide bonds. The van der Waals surface area contributed by atoms with Gasteiger partial charge in [0.2, 0.25) is 0 Å². The Bertz CT molecular complexity index is 665. The molecule has 19 heavy (non-hydrogen) atoms. The van der Waals surface area contributed by atoms with Crippen molar-refractivity contribution < 1.29 is 51.0 Å². The van der Waals surface area contributed by atoms with Crippen molar-refractivity contribution in [1.29, 1.82) is 0 Å². The van der Waals surface area contributed by atoms with Gasteiger partial charge < -0.3 is 24.8 Å². The Morgan fingerprint density at radius 2 is 1.47 bits per heavy atom. The fourth-order valence-corrected chi connectivity index (χ4v) is 2.17. The van der Waals surface area contributed by atoms with Crippen molar-refractivity contribution in [3.8, 4) is 0 Å². The van der Waals surface area contributed by atoms with Crippen molar-refractivity contribution in [2.75, 3.05) is 0 Å². The molecule has 0 saturated heterocycles. The van der Waals surface area contributed by atoms with Crippen molar-refractivity contribution >= 4 is 21.5 Å². The Morgan fingerprint density at radius 1 is 0.842 bits per heavy atom. The second-order valence-electron chi connectivity index (χ2n) is 4.09. The Morgan fingerprint density at radius 3 is 2.21 bits per heavy atom. The summed E-state index contributed by atoms with van der Waals surface area (Å²) in [4.78, 5) is 0. The zero-order chi connectivity index (χ0) is 11.0. The van der Waals surface area contributed by atoms with Gasteiger partial charge in [0.1, 0.15) is 0 Å². The second kappa shape index (κ2) is 8.05. The van der Waals surface area contributed by atoms with E-state index in [4.69, 9.17) is 0 Å². The van der Waals surface area contributed by atoms with E-state index >= 15 is 0 Å². The van der Waals surface area contributed by atoms with Crippen LogP contribution in [0.4, 0.5) is 0 Å². The standard InChI is InChI=1S/C16H13.2ClH.Zr/c1-2-12-7-8-14-10-9-13-5-3-4-6-15(13)16(14)11-12;;;/h3-10H,2H2,1H3;2*1H;/q-1;;;+3/p-2. The van der Waals surface area contributed by atoms with Gasteiger partial charge in [0.15, 0.2) is 0 Å². The quantitative estimate of drug-likeness (QED) is 0.358. The van der Waals surface area contributed by atoms with Gasteiger partial charge in [0.05, 0.1) is 0 Å². The monoisotopic (exact) mass is 365 g/mol. The van der Waals surface area contributed by atoms with E-state index in [1.807, 2.05) is 0 Å². The molecule has 0 unspecified atom stereocenters. The molecule has 0 aliphatic heterocycles. The summed E-state index contributed by atoms with van der Waals surface area (Å²) in [5, 5.41) is 5.11. The SMILES string of the molecule is CCc1[c-]c2c(cc1)ccc1ccccc12.[Cl-].[Cl-].[Zr+3]. The molecular formula is C16H13Cl2Zr. The van der Waals surface area contributed by atoms with E-state index in [2.05, 4.69) is 61.5 Å². The zero-order valence-electron chi connectivity index (χ0n) is 10.6. The number of aryl methyl sites for hydroxylation is 1. The first-order valence-electron chi connectivity index (χ1n) is 5.71. The van der Waals surface area contributed by atoms with E-state index in [-0.39, 0.29) is 51.0 Å². The summed E-state index contributed by atoms with van der Waals surface area (Å²) in [5.74, 6) is 0. The van der Waals surface area contributed by atoms with Crippen molar-refractivity contribution in [2.24, 2.45) is 0 Å². The maximum absolute atomic E-state index is 3.52. The van der Waals surface area contributed by atoms with Crippen LogP contribution < -0.4 is 24.8 Å². The topological polar surface area (TPSA) is 0 Å². The zero-order valence-corrected chi connectivity index (χ0v) is 14.6. The van der Waals surface area contributed by atoms with E-state index in [0.717, 1.165) is 6.42 Å². The molecule has 0 heterocycles. The van der Waals surface area contributed by atoms with Crippen LogP contribution in [-0.2, 0) is 32.6 Å². The maximum Gasteiger partial charge on any atom is 3.00 e. The summed E-state index contributed by atoms with van der Waals surface area (Å²) in [6.45, 7) is 2.17. The molecule has 95 valence electrons. The van der Waals surface area contributed by atoms with Crippen LogP contribution >= 0.6 is 0 Å². The predicted octanol–water partition coefficient (Wildman–Crippen LogP) is -1.64. The van der Waals surface area contributed by atoms with E-state index in [1.165, 1.54) is 27.1 Å². The Labute approximate surface area is 145 Å². The molecule has 0 nitrogen and oxygen atoms in total. The molecule has 3 aromatic carbocycles. The van der Waals surface area contributed by atoms with Gasteiger partial charge in [-0.15, -0.1) is 34.5 Å². The summed E-state index contributed by atoms with van der Waals surface area (Å²) in [5.41, 5.74) is 1.28. The van der Waals surface area contributed by atoms with Crippen molar-refractivity contribution in [1.82, 2.24) is 0 Å². The van der Waals surface area contributed by atoms with Crippen molar-refractivity contribution in [2.45, 2.75) is 13.3 Å². The number of halogens is 2. The van der Waals surface area contributed by atoms with E-state index in [9.17, 15) is 0 Å². The average Bonchev–Trinajstić information content (AvgIpc) is 2.38. The molecule has 0 atom stereocenters. The molecule has 0 bridgehead atoms. The van der Waals surface area contributed by atoms with Gasteiger partial charge in [-0.25, -0.2) is 0 Å². The van der Waals surface area contributed by atoms with Crippen LogP contribution in [0.15, 0.2) is 48.5 Å². The number of rotatable bonds is 1. The normalized spacial score (nSPS) is 9.32. The van der Waals surface area contributed by atoms with Crippen LogP contribution in [-0.4, -0.2) is 0 Å². The van der Waals surface area contributed by atoms with Gasteiger partial charge in [-0.2, -0.15) is 0 Å². The fourth-order valence-electron chi connectivity index (χ4n) is 2.17. The Hall–Kier alpha value is -0.357. The molecule has 3 heteroatoms. The van der Waals surface area contributed by atoms with Gasteiger partial charge in [-0.05, 0) is 6.42 Å². The first-order valence-corrected chi connectivity index (χ1v) is 5.71. The molecule has 0 N–H and O–H groups in total. The van der Waals surface area contributed by atoms with E-state index < -0.39 is 0 Å². The first kappa shape index (κ1) is 18.6. The maximum atomic E-state index is 3.52. The minimum absolute atomic E-state index is 0. The van der Waals surface area contributed by atoms with Crippen LogP contribution in [0.2, 0.25) is 0 Å². The predicted molar refractivity (Wildman–Crippen MR) is 69.7 cm³/mol. The molecule has 0 saturated carbocycles. The fraction of sp³-hybridized carbons (Fsp3) is 0.125. The van der Waals surface area contributed by atoms with E-state index in [0.29, 0.717) is 0 Å². The summed E-state index contributed by atoms with van der Waals surface area (Å²) in [6.07, 6.45) is 1.04. The van der Waals surface area contributed by atoms with Crippen LogP contribution in [0.25, 0.3) is 21.5 Å². The molecular weight excluding hydrogens is 354 g/mol. The van der Waals surface area contributed by atoms with Gasteiger partial charge in [-0.1, -0.05) is 54.1 Å². The van der Waals surface area contributed by atoms with Crippen molar-refractivity contribution in [3.63, 3.8) is 0 Å². The third kappa shape index (κ3) is 3.60. The summed E-state index contributed by atoms with van der Waals surface area (Å²) in [6, 6.07) is 20.7. The molecule has 3 aromatic rings. The number of fused-ring (bicyclic) bond motifs is 3. The molecule has 0 aromatic heterocycles. The molecule has 0 aliphatic rings. The van der Waals surface area contributed by atoms with Gasteiger partial charge in [-0.3, -0.25) is 0 Å². The summed E-state index contributed by atoms with van der Waals surface area (Å²) >= 11 is 0. The smallest absolute Gasteiger partial charge is 1.00 e. The molecule has 3 rings (SSSR count). The van der Waals surface area contributed by atoms with Gasteiger partial charge >= 0.3 is 26.2 Å². The molecule has 0 fully saturated rings. The average molecular weight is 367 g/mol. The van der Waals surface area contributed by atoms with Crippen LogP contribution in [0.1, 0.15) is 12.5 Å². The van der Waals surface area contributed by atoms with Crippen LogP contribution in [0.5, 0.6) is 0 Å². The third-order valence-electron chi connectivity index (χ3n) is 3.09. The minimum Gasteiger partial charge on any atom is -1.00 e. The number of hydrogen-bond donors (Lipinski definition) is 0. The molecule has 0 aliphatic carbocycles. The van der Waals surface area contributed by atoms with Gasteiger partial charge in [0, 0.05) is 0 Å². The number of hydrogen-bond acceptors (Lipinski definition) is 0. The van der Waals surface area contributed by atoms with Crippen LogP contribution in [0, 0.1) is 6.07 Å². The van der Waals surface area contributed by atoms with Crippen LogP contribution in [0.3, 0.4) is 0 Å². The molecule has 1 radical (unpaired) electrons. The van der Waals surface area contributed by atoms with E-state index in [1.54, 1.807) is 0 Å². The molecule has 0 spiro atoms. The van der Waals surface area contributed by atoms with Crippen molar-refractivity contribution in [3.05, 3.63) is 60.2 Å². The van der Waals surface area contributed by atoms with Gasteiger partial charge in [0.25, 0.3) is 0 Å². The minimum atomic E-state index is 0. The third-order valence-corrected chi connectivity index (χ3v) is 3.09. The Balaban J connectivity index is 0.00000108. The largest absolute Gasteiger partial charge is 3.00 e. The Kier molecular flexibility index (Phi) is 7.90. The first-order chi connectivity index (χ1) is 7.88. The summed E-state index contributed by atoms with van der Waals surface area (Å²) < 4.78 is 0.